The third-order valence-corrected chi connectivity index (χ3v) is 5.77. The first-order valence-corrected chi connectivity index (χ1v) is 11.1. The number of nitrogens with zero attached hydrogens (tertiary/aromatic N) is 4. The van der Waals surface area contributed by atoms with Gasteiger partial charge in [-0.1, -0.05) is 29.8 Å². The Morgan fingerprint density at radius 2 is 1.81 bits per heavy atom. The number of methoxy groups -OCH3 is 1. The predicted octanol–water partition coefficient (Wildman–Crippen LogP) is 3.43. The van der Waals surface area contributed by atoms with E-state index in [0.29, 0.717) is 22.0 Å². The van der Waals surface area contributed by atoms with Crippen LogP contribution in [0.15, 0.2) is 63.9 Å². The Balaban J connectivity index is 1.83. The number of rotatable bonds is 5. The molecule has 11 heteroatoms. The van der Waals surface area contributed by atoms with Crippen LogP contribution in [-0.4, -0.2) is 47.7 Å². The lowest BCUT2D eigenvalue weighted by atomic mass is 10.2. The van der Waals surface area contributed by atoms with Crippen LogP contribution in [-0.2, 0) is 14.6 Å². The van der Waals surface area contributed by atoms with E-state index in [1.807, 2.05) is 0 Å². The van der Waals surface area contributed by atoms with Crippen molar-refractivity contribution in [2.75, 3.05) is 13.4 Å². The maximum absolute atomic E-state index is 12.0. The van der Waals surface area contributed by atoms with Crippen molar-refractivity contribution in [2.45, 2.75) is 4.90 Å². The monoisotopic (exact) mass is 458 g/mol. The van der Waals surface area contributed by atoms with Gasteiger partial charge in [0.05, 0.1) is 22.7 Å². The standard InChI is InChI=1S/C20H15ClN4O5S/c1-29-20(26)15-11-17(25(24-15)16-9-4-3-8-14(16)21)19-23-22-18(30-19)12-6-5-7-13(10-12)31(2,27)28/h3-11H,1-2H3. The molecule has 9 nitrogen and oxygen atoms in total. The van der Waals surface area contributed by atoms with Gasteiger partial charge in [-0.25, -0.2) is 17.9 Å². The van der Waals surface area contributed by atoms with Crippen molar-refractivity contribution in [1.82, 2.24) is 20.0 Å². The molecular weight excluding hydrogens is 444 g/mol. The van der Waals surface area contributed by atoms with E-state index < -0.39 is 15.8 Å². The van der Waals surface area contributed by atoms with Crippen molar-refractivity contribution in [1.29, 1.82) is 0 Å². The van der Waals surface area contributed by atoms with Gasteiger partial charge in [-0.05, 0) is 30.3 Å². The van der Waals surface area contributed by atoms with Gasteiger partial charge in [0.15, 0.2) is 15.5 Å². The van der Waals surface area contributed by atoms with Crippen molar-refractivity contribution >= 4 is 27.4 Å². The lowest BCUT2D eigenvalue weighted by molar-refractivity contribution is 0.0593. The quantitative estimate of drug-likeness (QED) is 0.417. The van der Waals surface area contributed by atoms with Gasteiger partial charge in [0, 0.05) is 17.9 Å². The summed E-state index contributed by atoms with van der Waals surface area (Å²) in [6, 6.07) is 14.5. The summed E-state index contributed by atoms with van der Waals surface area (Å²) in [5, 5.41) is 12.7. The number of para-hydroxylation sites is 1. The van der Waals surface area contributed by atoms with Crippen molar-refractivity contribution in [2.24, 2.45) is 0 Å². The zero-order valence-electron chi connectivity index (χ0n) is 16.3. The van der Waals surface area contributed by atoms with E-state index in [-0.39, 0.29) is 22.4 Å². The first-order valence-electron chi connectivity index (χ1n) is 8.85. The minimum atomic E-state index is -3.41. The Hall–Kier alpha value is -3.50. The molecule has 4 aromatic rings. The van der Waals surface area contributed by atoms with E-state index in [1.165, 1.54) is 30.0 Å². The number of carbonyl (C=O) groups excluding carboxylic acids is 1. The van der Waals surface area contributed by atoms with Gasteiger partial charge in [-0.3, -0.25) is 0 Å². The number of halogens is 1. The number of esters is 1. The summed E-state index contributed by atoms with van der Waals surface area (Å²) in [7, 11) is -2.16. The molecule has 0 spiro atoms. The highest BCUT2D eigenvalue weighted by Crippen LogP contribution is 2.30. The zero-order valence-corrected chi connectivity index (χ0v) is 17.9. The fraction of sp³-hybridized carbons (Fsp3) is 0.100. The number of hydrogen-bond donors (Lipinski definition) is 0. The van der Waals surface area contributed by atoms with Gasteiger partial charge in [-0.2, -0.15) is 5.10 Å². The molecule has 0 fully saturated rings. The summed E-state index contributed by atoms with van der Waals surface area (Å²) in [6.45, 7) is 0. The normalized spacial score (nSPS) is 11.5. The van der Waals surface area contributed by atoms with Crippen LogP contribution in [0, 0.1) is 0 Å². The van der Waals surface area contributed by atoms with Crippen LogP contribution in [0.3, 0.4) is 0 Å². The van der Waals surface area contributed by atoms with Gasteiger partial charge < -0.3 is 9.15 Å². The molecule has 0 aliphatic rings. The van der Waals surface area contributed by atoms with Gasteiger partial charge >= 0.3 is 5.97 Å². The first kappa shape index (κ1) is 20.8. The fourth-order valence-electron chi connectivity index (χ4n) is 2.85. The maximum atomic E-state index is 12.0. The highest BCUT2D eigenvalue weighted by molar-refractivity contribution is 7.90. The second kappa shape index (κ2) is 7.97. The van der Waals surface area contributed by atoms with Gasteiger partial charge in [0.25, 0.3) is 5.89 Å². The van der Waals surface area contributed by atoms with E-state index in [4.69, 9.17) is 20.8 Å². The topological polar surface area (TPSA) is 117 Å². The van der Waals surface area contributed by atoms with E-state index >= 15 is 0 Å². The molecule has 0 saturated heterocycles. The Morgan fingerprint density at radius 1 is 1.06 bits per heavy atom. The molecule has 0 atom stereocenters. The van der Waals surface area contributed by atoms with Crippen LogP contribution in [0.2, 0.25) is 5.02 Å². The molecule has 2 aromatic heterocycles. The number of carbonyl (C=O) groups is 1. The highest BCUT2D eigenvalue weighted by atomic mass is 35.5. The van der Waals surface area contributed by atoms with E-state index in [9.17, 15) is 13.2 Å². The highest BCUT2D eigenvalue weighted by Gasteiger charge is 2.23. The number of benzene rings is 2. The van der Waals surface area contributed by atoms with Gasteiger partial charge in [-0.15, -0.1) is 10.2 Å². The molecule has 0 amide bonds. The smallest absolute Gasteiger partial charge is 0.358 e. The first-order chi connectivity index (χ1) is 14.8. The van der Waals surface area contributed by atoms with E-state index in [2.05, 4.69) is 15.3 Å². The Morgan fingerprint density at radius 3 is 2.52 bits per heavy atom. The molecule has 158 valence electrons. The second-order valence-electron chi connectivity index (χ2n) is 6.48. The van der Waals surface area contributed by atoms with Crippen LogP contribution < -0.4 is 0 Å². The molecule has 0 radical (unpaired) electrons. The number of ether oxygens (including phenoxy) is 1. The number of hydrogen-bond acceptors (Lipinski definition) is 8. The molecular formula is C20H15ClN4O5S. The van der Waals surface area contributed by atoms with Crippen LogP contribution in [0.5, 0.6) is 0 Å². The van der Waals surface area contributed by atoms with Gasteiger partial charge in [0.1, 0.15) is 5.69 Å². The zero-order chi connectivity index (χ0) is 22.2. The van der Waals surface area contributed by atoms with Gasteiger partial charge in [0.2, 0.25) is 5.89 Å². The number of aromatic nitrogens is 4. The third-order valence-electron chi connectivity index (χ3n) is 4.34. The molecule has 2 heterocycles. The van der Waals surface area contributed by atoms with Crippen LogP contribution in [0.1, 0.15) is 10.5 Å². The second-order valence-corrected chi connectivity index (χ2v) is 8.90. The molecule has 4 rings (SSSR count). The summed E-state index contributed by atoms with van der Waals surface area (Å²) in [5.41, 5.74) is 1.26. The minimum absolute atomic E-state index is 0.0243. The van der Waals surface area contributed by atoms with Crippen molar-refractivity contribution in [3.8, 4) is 28.7 Å². The third kappa shape index (κ3) is 4.07. The minimum Gasteiger partial charge on any atom is -0.464 e. The lowest BCUT2D eigenvalue weighted by Gasteiger charge is -2.06. The summed E-state index contributed by atoms with van der Waals surface area (Å²) in [5.74, 6) is -0.484. The summed E-state index contributed by atoms with van der Waals surface area (Å²) >= 11 is 6.30. The Kier molecular flexibility index (Phi) is 5.34. The molecule has 0 aliphatic heterocycles. The molecule has 2 aromatic carbocycles. The summed E-state index contributed by atoms with van der Waals surface area (Å²) in [6.07, 6.45) is 1.11. The molecule has 0 bridgehead atoms. The molecule has 0 saturated carbocycles. The van der Waals surface area contributed by atoms with E-state index in [1.54, 1.807) is 36.4 Å². The fourth-order valence-corrected chi connectivity index (χ4v) is 3.73. The molecule has 31 heavy (non-hydrogen) atoms. The maximum Gasteiger partial charge on any atom is 0.358 e. The summed E-state index contributed by atoms with van der Waals surface area (Å²) < 4.78 is 35.6. The molecule has 0 unspecified atom stereocenters. The van der Waals surface area contributed by atoms with Crippen LogP contribution >= 0.6 is 11.6 Å². The van der Waals surface area contributed by atoms with Crippen LogP contribution in [0.25, 0.3) is 28.7 Å². The summed E-state index contributed by atoms with van der Waals surface area (Å²) in [4.78, 5) is 12.2. The van der Waals surface area contributed by atoms with E-state index in [0.717, 1.165) is 6.26 Å². The molecule has 0 aliphatic carbocycles. The van der Waals surface area contributed by atoms with Crippen LogP contribution in [0.4, 0.5) is 0 Å². The average molecular weight is 459 g/mol. The van der Waals surface area contributed by atoms with Crippen molar-refractivity contribution < 1.29 is 22.4 Å². The molecule has 0 N–H and O–H groups in total. The Labute approximate surface area is 182 Å². The van der Waals surface area contributed by atoms with Crippen molar-refractivity contribution in [3.63, 3.8) is 0 Å². The average Bonchev–Trinajstić information content (AvgIpc) is 3.40. The predicted molar refractivity (Wildman–Crippen MR) is 112 cm³/mol. The Bertz CT molecular complexity index is 1390. The number of sulfone groups is 1. The van der Waals surface area contributed by atoms with Crippen molar-refractivity contribution in [3.05, 3.63) is 65.3 Å². The largest absolute Gasteiger partial charge is 0.464 e. The lowest BCUT2D eigenvalue weighted by Crippen LogP contribution is -2.05. The SMILES string of the molecule is COC(=O)c1cc(-c2nnc(-c3cccc(S(C)(=O)=O)c3)o2)n(-c2ccccc2Cl)n1.